The van der Waals surface area contributed by atoms with Gasteiger partial charge in [-0.25, -0.2) is 17.2 Å². The van der Waals surface area contributed by atoms with Crippen molar-refractivity contribution >= 4 is 27.7 Å². The summed E-state index contributed by atoms with van der Waals surface area (Å²) in [5, 5.41) is 2.61. The highest BCUT2D eigenvalue weighted by Crippen LogP contribution is 2.33. The quantitative estimate of drug-likeness (QED) is 0.409. The van der Waals surface area contributed by atoms with E-state index in [1.807, 2.05) is 0 Å². The number of nitrogens with one attached hydrogen (secondary N) is 1. The first-order valence-electron chi connectivity index (χ1n) is 10.5. The van der Waals surface area contributed by atoms with Gasteiger partial charge < -0.3 is 10.1 Å². The molecular weight excluding hydrogens is 462 g/mol. The van der Waals surface area contributed by atoms with Crippen molar-refractivity contribution in [2.45, 2.75) is 18.7 Å². The number of ether oxygens (including phenoxy) is 1. The zero-order valence-corrected chi connectivity index (χ0v) is 19.5. The summed E-state index contributed by atoms with van der Waals surface area (Å²) in [5.74, 6) is -0.995. The van der Waals surface area contributed by atoms with Crippen LogP contribution in [0.1, 0.15) is 19.4 Å². The first-order chi connectivity index (χ1) is 16.2. The number of anilines is 1. The Kier molecular flexibility index (Phi) is 8.14. The Bertz CT molecular complexity index is 1290. The molecule has 6 nitrogen and oxygen atoms in total. The molecule has 178 valence electrons. The lowest BCUT2D eigenvalue weighted by atomic mass is 10.2. The fraction of sp³-hybridized carbons (Fsp3) is 0.160. The van der Waals surface area contributed by atoms with Crippen LogP contribution in [0.25, 0.3) is 6.08 Å². The highest BCUT2D eigenvalue weighted by atomic mass is 32.2. The molecule has 1 N–H and O–H groups in total. The zero-order chi connectivity index (χ0) is 24.7. The molecule has 0 radical (unpaired) electrons. The predicted molar refractivity (Wildman–Crippen MR) is 127 cm³/mol. The van der Waals surface area contributed by atoms with Gasteiger partial charge in [0.1, 0.15) is 17.4 Å². The Balaban J connectivity index is 1.94. The molecule has 3 rings (SSSR count). The summed E-state index contributed by atoms with van der Waals surface area (Å²) in [6.07, 6.45) is 2.62. The number of benzene rings is 3. The fourth-order valence-corrected chi connectivity index (χ4v) is 4.64. The molecule has 3 aromatic rings. The van der Waals surface area contributed by atoms with Crippen LogP contribution < -0.4 is 10.1 Å². The molecule has 0 spiro atoms. The number of carbonyl (C=O) groups is 1. The molecule has 0 bridgehead atoms. The summed E-state index contributed by atoms with van der Waals surface area (Å²) < 4.78 is 59.6. The van der Waals surface area contributed by atoms with Crippen LogP contribution in [0, 0.1) is 11.6 Å². The van der Waals surface area contributed by atoms with Crippen LogP contribution in [-0.2, 0) is 14.8 Å². The summed E-state index contributed by atoms with van der Waals surface area (Å²) in [4.78, 5) is 12.5. The molecule has 9 heteroatoms. The van der Waals surface area contributed by atoms with Gasteiger partial charge in [0.15, 0.2) is 5.75 Å². The lowest BCUT2D eigenvalue weighted by Gasteiger charge is -2.20. The highest BCUT2D eigenvalue weighted by Gasteiger charge is 2.23. The molecule has 0 aromatic heterocycles. The maximum absolute atomic E-state index is 13.4. The van der Waals surface area contributed by atoms with Crippen molar-refractivity contribution < 1.29 is 26.7 Å². The summed E-state index contributed by atoms with van der Waals surface area (Å²) in [5.41, 5.74) is 0.585. The van der Waals surface area contributed by atoms with Crippen LogP contribution >= 0.6 is 0 Å². The SMILES string of the molecule is CCN(CC)S(=O)(=O)c1ccc(Oc2ccc(F)cc2)c(NC(=O)C=Cc2cccc(F)c2)c1. The van der Waals surface area contributed by atoms with E-state index >= 15 is 0 Å². The Labute approximate surface area is 197 Å². The first kappa shape index (κ1) is 25.1. The van der Waals surface area contributed by atoms with Crippen LogP contribution in [0.3, 0.4) is 0 Å². The largest absolute Gasteiger partial charge is 0.455 e. The maximum Gasteiger partial charge on any atom is 0.248 e. The molecule has 0 atom stereocenters. The van der Waals surface area contributed by atoms with Crippen molar-refractivity contribution in [1.29, 1.82) is 0 Å². The fourth-order valence-electron chi connectivity index (χ4n) is 3.16. The number of hydrogen-bond acceptors (Lipinski definition) is 4. The van der Waals surface area contributed by atoms with Gasteiger partial charge in [0.25, 0.3) is 0 Å². The molecule has 0 saturated carbocycles. The van der Waals surface area contributed by atoms with Crippen LogP contribution in [0.2, 0.25) is 0 Å². The summed E-state index contributed by atoms with van der Waals surface area (Å²) in [6.45, 7) is 4.02. The van der Waals surface area contributed by atoms with Gasteiger partial charge in [0.2, 0.25) is 15.9 Å². The van der Waals surface area contributed by atoms with Gasteiger partial charge in [-0.2, -0.15) is 4.31 Å². The maximum atomic E-state index is 13.4. The van der Waals surface area contributed by atoms with Crippen molar-refractivity contribution in [1.82, 2.24) is 4.31 Å². The molecule has 0 saturated heterocycles. The normalized spacial score (nSPS) is 11.7. The second-order valence-electron chi connectivity index (χ2n) is 7.18. The molecule has 34 heavy (non-hydrogen) atoms. The summed E-state index contributed by atoms with van der Waals surface area (Å²) in [7, 11) is -3.80. The van der Waals surface area contributed by atoms with E-state index in [0.717, 1.165) is 0 Å². The van der Waals surface area contributed by atoms with E-state index in [9.17, 15) is 22.0 Å². The highest BCUT2D eigenvalue weighted by molar-refractivity contribution is 7.89. The Morgan fingerprint density at radius 2 is 1.68 bits per heavy atom. The average molecular weight is 487 g/mol. The standard InChI is InChI=1S/C25H24F2N2O4S/c1-3-29(4-2)34(31,32)22-13-14-24(33-21-11-9-19(26)10-12-21)23(17-22)28-25(30)15-8-18-6-5-7-20(27)16-18/h5-17H,3-4H2,1-2H3,(H,28,30). The number of carbonyl (C=O) groups excluding carboxylic acids is 1. The van der Waals surface area contributed by atoms with E-state index in [1.165, 1.54) is 77.1 Å². The smallest absolute Gasteiger partial charge is 0.248 e. The Hall–Kier alpha value is -3.56. The summed E-state index contributed by atoms with van der Waals surface area (Å²) >= 11 is 0. The number of hydrogen-bond donors (Lipinski definition) is 1. The second kappa shape index (κ2) is 11.0. The minimum atomic E-state index is -3.80. The van der Waals surface area contributed by atoms with Crippen LogP contribution in [0.4, 0.5) is 14.5 Å². The third kappa shape index (κ3) is 6.27. The molecule has 0 fully saturated rings. The lowest BCUT2D eigenvalue weighted by molar-refractivity contribution is -0.111. The minimum Gasteiger partial charge on any atom is -0.455 e. The van der Waals surface area contributed by atoms with Crippen LogP contribution in [0.5, 0.6) is 11.5 Å². The third-order valence-electron chi connectivity index (χ3n) is 4.87. The van der Waals surface area contributed by atoms with E-state index < -0.39 is 27.6 Å². The van der Waals surface area contributed by atoms with E-state index in [0.29, 0.717) is 11.3 Å². The van der Waals surface area contributed by atoms with Crippen molar-refractivity contribution in [3.05, 3.63) is 90.0 Å². The number of halogens is 2. The molecule has 0 heterocycles. The molecule has 3 aromatic carbocycles. The van der Waals surface area contributed by atoms with Crippen molar-refractivity contribution in [2.24, 2.45) is 0 Å². The monoisotopic (exact) mass is 486 g/mol. The number of nitrogens with zero attached hydrogens (tertiary/aromatic N) is 1. The van der Waals surface area contributed by atoms with Crippen LogP contribution in [-0.4, -0.2) is 31.7 Å². The number of amides is 1. The summed E-state index contributed by atoms with van der Waals surface area (Å²) in [6, 6.07) is 15.1. The van der Waals surface area contributed by atoms with Gasteiger partial charge in [-0.3, -0.25) is 4.79 Å². The topological polar surface area (TPSA) is 75.7 Å². The van der Waals surface area contributed by atoms with Gasteiger partial charge in [0.05, 0.1) is 10.6 Å². The van der Waals surface area contributed by atoms with Crippen molar-refractivity contribution in [2.75, 3.05) is 18.4 Å². The lowest BCUT2D eigenvalue weighted by Crippen LogP contribution is -2.30. The van der Waals surface area contributed by atoms with Gasteiger partial charge in [0, 0.05) is 19.2 Å². The van der Waals surface area contributed by atoms with Crippen LogP contribution in [0.15, 0.2) is 77.7 Å². The zero-order valence-electron chi connectivity index (χ0n) is 18.7. The Morgan fingerprint density at radius 3 is 2.32 bits per heavy atom. The molecule has 0 aliphatic rings. The van der Waals surface area contributed by atoms with E-state index in [1.54, 1.807) is 19.9 Å². The van der Waals surface area contributed by atoms with Gasteiger partial charge >= 0.3 is 0 Å². The van der Waals surface area contributed by atoms with E-state index in [2.05, 4.69) is 5.32 Å². The van der Waals surface area contributed by atoms with Gasteiger partial charge in [-0.1, -0.05) is 26.0 Å². The second-order valence-corrected chi connectivity index (χ2v) is 9.12. The van der Waals surface area contributed by atoms with Crippen molar-refractivity contribution in [3.63, 3.8) is 0 Å². The predicted octanol–water partition coefficient (Wildman–Crippen LogP) is 5.44. The average Bonchev–Trinajstić information content (AvgIpc) is 2.81. The Morgan fingerprint density at radius 1 is 0.971 bits per heavy atom. The van der Waals surface area contributed by atoms with E-state index in [4.69, 9.17) is 4.74 Å². The molecular formula is C25H24F2N2O4S. The first-order valence-corrected chi connectivity index (χ1v) is 12.0. The number of sulfonamides is 1. The third-order valence-corrected chi connectivity index (χ3v) is 6.92. The molecule has 0 unspecified atom stereocenters. The number of rotatable bonds is 9. The minimum absolute atomic E-state index is 0.0212. The van der Waals surface area contributed by atoms with Gasteiger partial charge in [-0.05, 0) is 66.2 Å². The van der Waals surface area contributed by atoms with Crippen molar-refractivity contribution in [3.8, 4) is 11.5 Å². The van der Waals surface area contributed by atoms with Gasteiger partial charge in [-0.15, -0.1) is 0 Å². The molecule has 1 amide bonds. The molecule has 0 aliphatic heterocycles. The van der Waals surface area contributed by atoms with E-state index in [-0.39, 0.29) is 29.4 Å². The molecule has 0 aliphatic carbocycles.